The van der Waals surface area contributed by atoms with E-state index in [9.17, 15) is 4.79 Å². The summed E-state index contributed by atoms with van der Waals surface area (Å²) in [5.41, 5.74) is 0.900. The molecule has 0 spiro atoms. The molecule has 2 aromatic heterocycles. The highest BCUT2D eigenvalue weighted by Crippen LogP contribution is 2.16. The summed E-state index contributed by atoms with van der Waals surface area (Å²) in [7, 11) is 0. The van der Waals surface area contributed by atoms with Crippen molar-refractivity contribution in [2.24, 2.45) is 0 Å². The maximum absolute atomic E-state index is 12.4. The van der Waals surface area contributed by atoms with Gasteiger partial charge in [-0.05, 0) is 0 Å². The summed E-state index contributed by atoms with van der Waals surface area (Å²) in [5.74, 6) is 1.88. The Balaban J connectivity index is 1.28. The molecule has 0 saturated carbocycles. The fourth-order valence-corrected chi connectivity index (χ4v) is 2.95. The maximum Gasteiger partial charge on any atom is 0.227 e. The molecule has 1 saturated heterocycles. The Kier molecular flexibility index (Phi) is 4.59. The Labute approximate surface area is 150 Å². The van der Waals surface area contributed by atoms with Crippen LogP contribution in [0.3, 0.4) is 0 Å². The van der Waals surface area contributed by atoms with Crippen LogP contribution in [0.2, 0.25) is 0 Å². The zero-order valence-electron chi connectivity index (χ0n) is 14.2. The molecule has 0 bridgehead atoms. The summed E-state index contributed by atoms with van der Waals surface area (Å²) in [5, 5.41) is 10.7. The number of rotatable bonds is 5. The lowest BCUT2D eigenvalue weighted by Gasteiger charge is -2.34. The van der Waals surface area contributed by atoms with E-state index in [0.29, 0.717) is 37.6 Å². The van der Waals surface area contributed by atoms with Crippen LogP contribution in [0.5, 0.6) is 0 Å². The minimum Gasteiger partial charge on any atom is -0.339 e. The van der Waals surface area contributed by atoms with E-state index >= 15 is 0 Å². The fourth-order valence-electron chi connectivity index (χ4n) is 2.95. The molecule has 1 aliphatic rings. The zero-order valence-corrected chi connectivity index (χ0v) is 14.2. The molecule has 1 N–H and O–H groups in total. The first-order chi connectivity index (χ1) is 12.8. The second kappa shape index (κ2) is 7.34. The predicted octanol–water partition coefficient (Wildman–Crippen LogP) is 1.14. The summed E-state index contributed by atoms with van der Waals surface area (Å²) in [6, 6.07) is 9.63. The van der Waals surface area contributed by atoms with Crippen LogP contribution < -0.4 is 4.90 Å². The Morgan fingerprint density at radius 1 is 1.15 bits per heavy atom. The van der Waals surface area contributed by atoms with Crippen LogP contribution in [0.25, 0.3) is 11.4 Å². The molecule has 9 nitrogen and oxygen atoms in total. The smallest absolute Gasteiger partial charge is 0.227 e. The van der Waals surface area contributed by atoms with E-state index in [2.05, 4.69) is 30.2 Å². The van der Waals surface area contributed by atoms with Crippen molar-refractivity contribution in [1.29, 1.82) is 0 Å². The highest BCUT2D eigenvalue weighted by molar-refractivity contribution is 5.76. The van der Waals surface area contributed by atoms with Gasteiger partial charge in [0.25, 0.3) is 0 Å². The molecule has 1 amide bonds. The topological polar surface area (TPSA) is 104 Å². The number of aromatic amines is 1. The van der Waals surface area contributed by atoms with Gasteiger partial charge < -0.3 is 14.3 Å². The number of aryl methyl sites for hydroxylation is 1. The molecule has 4 rings (SSSR count). The average molecular weight is 353 g/mol. The van der Waals surface area contributed by atoms with Crippen molar-refractivity contribution in [2.75, 3.05) is 31.1 Å². The van der Waals surface area contributed by atoms with E-state index in [4.69, 9.17) is 4.52 Å². The largest absolute Gasteiger partial charge is 0.339 e. The van der Waals surface area contributed by atoms with E-state index in [0.717, 1.165) is 24.6 Å². The fraction of sp³-hybridized carbons (Fsp3) is 0.353. The van der Waals surface area contributed by atoms with Crippen molar-refractivity contribution in [1.82, 2.24) is 30.2 Å². The standard InChI is InChI=1S/C17H19N7O2/c25-15(23-8-10-24(11-9-23)17-18-12-19-21-17)7-6-14-20-16(22-26-14)13-4-2-1-3-5-13/h1-5,12H,6-11H2,(H,18,19,21). The van der Waals surface area contributed by atoms with E-state index < -0.39 is 0 Å². The number of amides is 1. The number of aromatic nitrogens is 5. The van der Waals surface area contributed by atoms with Gasteiger partial charge in [0.1, 0.15) is 6.33 Å². The summed E-state index contributed by atoms with van der Waals surface area (Å²) in [6.07, 6.45) is 2.29. The van der Waals surface area contributed by atoms with Gasteiger partial charge in [-0.15, -0.1) is 0 Å². The van der Waals surface area contributed by atoms with Crippen molar-refractivity contribution in [3.8, 4) is 11.4 Å². The Morgan fingerprint density at radius 2 is 1.96 bits per heavy atom. The molecule has 0 aliphatic carbocycles. The predicted molar refractivity (Wildman–Crippen MR) is 93.2 cm³/mol. The van der Waals surface area contributed by atoms with E-state index in [1.807, 2.05) is 35.2 Å². The molecular weight excluding hydrogens is 334 g/mol. The number of H-pyrrole nitrogens is 1. The van der Waals surface area contributed by atoms with Crippen molar-refractivity contribution in [2.45, 2.75) is 12.8 Å². The highest BCUT2D eigenvalue weighted by atomic mass is 16.5. The lowest BCUT2D eigenvalue weighted by atomic mass is 10.2. The van der Waals surface area contributed by atoms with Crippen LogP contribution in [-0.4, -0.2) is 62.3 Å². The van der Waals surface area contributed by atoms with Crippen molar-refractivity contribution in [3.05, 3.63) is 42.5 Å². The van der Waals surface area contributed by atoms with Gasteiger partial charge in [0.2, 0.25) is 23.6 Å². The van der Waals surface area contributed by atoms with Gasteiger partial charge in [-0.25, -0.2) is 5.10 Å². The van der Waals surface area contributed by atoms with Gasteiger partial charge in [0.05, 0.1) is 0 Å². The monoisotopic (exact) mass is 353 g/mol. The highest BCUT2D eigenvalue weighted by Gasteiger charge is 2.22. The van der Waals surface area contributed by atoms with Crippen LogP contribution in [0.4, 0.5) is 5.95 Å². The van der Waals surface area contributed by atoms with Gasteiger partial charge >= 0.3 is 0 Å². The maximum atomic E-state index is 12.4. The molecule has 0 atom stereocenters. The molecule has 3 heterocycles. The molecule has 134 valence electrons. The number of hydrogen-bond donors (Lipinski definition) is 1. The first kappa shape index (κ1) is 16.2. The molecular formula is C17H19N7O2. The number of nitrogens with zero attached hydrogens (tertiary/aromatic N) is 6. The van der Waals surface area contributed by atoms with Gasteiger partial charge in [-0.2, -0.15) is 15.1 Å². The van der Waals surface area contributed by atoms with Gasteiger partial charge in [-0.3, -0.25) is 4.79 Å². The molecule has 3 aromatic rings. The summed E-state index contributed by atoms with van der Waals surface area (Å²) in [6.45, 7) is 2.80. The average Bonchev–Trinajstić information content (AvgIpc) is 3.39. The number of anilines is 1. The SMILES string of the molecule is O=C(CCc1nc(-c2ccccc2)no1)N1CCN(c2ncn[nH]2)CC1. The number of carbonyl (C=O) groups excluding carboxylic acids is 1. The molecule has 1 fully saturated rings. The number of benzene rings is 1. The molecule has 0 radical (unpaired) electrons. The third-order valence-electron chi connectivity index (χ3n) is 4.39. The van der Waals surface area contributed by atoms with Crippen LogP contribution in [-0.2, 0) is 11.2 Å². The number of hydrogen-bond acceptors (Lipinski definition) is 7. The molecule has 0 unspecified atom stereocenters. The number of piperazine rings is 1. The van der Waals surface area contributed by atoms with E-state index in [-0.39, 0.29) is 5.91 Å². The molecule has 1 aromatic carbocycles. The second-order valence-electron chi connectivity index (χ2n) is 6.05. The third-order valence-corrected chi connectivity index (χ3v) is 4.39. The van der Waals surface area contributed by atoms with Gasteiger partial charge in [0, 0.05) is 44.6 Å². The minimum atomic E-state index is 0.0988. The number of carbonyl (C=O) groups is 1. The zero-order chi connectivity index (χ0) is 17.8. The summed E-state index contributed by atoms with van der Waals surface area (Å²) in [4.78, 5) is 24.9. The van der Waals surface area contributed by atoms with Crippen molar-refractivity contribution in [3.63, 3.8) is 0 Å². The Morgan fingerprint density at radius 3 is 2.69 bits per heavy atom. The Bertz CT molecular complexity index is 839. The quantitative estimate of drug-likeness (QED) is 0.733. The minimum absolute atomic E-state index is 0.0988. The lowest BCUT2D eigenvalue weighted by molar-refractivity contribution is -0.131. The van der Waals surface area contributed by atoms with Crippen LogP contribution in [0.1, 0.15) is 12.3 Å². The van der Waals surface area contributed by atoms with Gasteiger partial charge in [0.15, 0.2) is 0 Å². The molecule has 9 heteroatoms. The van der Waals surface area contributed by atoms with E-state index in [1.165, 1.54) is 6.33 Å². The summed E-state index contributed by atoms with van der Waals surface area (Å²) < 4.78 is 5.26. The lowest BCUT2D eigenvalue weighted by Crippen LogP contribution is -2.49. The Hall–Kier alpha value is -3.23. The third kappa shape index (κ3) is 3.56. The molecule has 26 heavy (non-hydrogen) atoms. The van der Waals surface area contributed by atoms with Gasteiger partial charge in [-0.1, -0.05) is 35.5 Å². The van der Waals surface area contributed by atoms with Crippen molar-refractivity contribution < 1.29 is 9.32 Å². The van der Waals surface area contributed by atoms with Crippen LogP contribution >= 0.6 is 0 Å². The van der Waals surface area contributed by atoms with Crippen LogP contribution in [0, 0.1) is 0 Å². The van der Waals surface area contributed by atoms with E-state index in [1.54, 1.807) is 0 Å². The first-order valence-electron chi connectivity index (χ1n) is 8.56. The van der Waals surface area contributed by atoms with Crippen LogP contribution in [0.15, 0.2) is 41.2 Å². The normalized spacial score (nSPS) is 14.6. The number of nitrogens with one attached hydrogen (secondary N) is 1. The molecule has 1 aliphatic heterocycles. The summed E-state index contributed by atoms with van der Waals surface area (Å²) >= 11 is 0. The first-order valence-corrected chi connectivity index (χ1v) is 8.56. The van der Waals surface area contributed by atoms with Crippen molar-refractivity contribution >= 4 is 11.9 Å². The second-order valence-corrected chi connectivity index (χ2v) is 6.05.